The maximum absolute atomic E-state index is 11.9. The smallest absolute Gasteiger partial charge is 0.410 e. The molecule has 0 radical (unpaired) electrons. The standard InChI is InChI=1S/C11H21N3O2S/c1-9-5-6-13(7-8-14(9)12-17)10(15)16-11(2,3)4/h9H,5-8H2,1-4H3/t9-/m1/s1. The van der Waals surface area contributed by atoms with Gasteiger partial charge in [-0.3, -0.25) is 5.01 Å². The number of amides is 1. The summed E-state index contributed by atoms with van der Waals surface area (Å²) in [5.74, 6) is 0. The second kappa shape index (κ2) is 5.62. The van der Waals surface area contributed by atoms with Crippen molar-refractivity contribution < 1.29 is 9.53 Å². The van der Waals surface area contributed by atoms with E-state index < -0.39 is 5.60 Å². The van der Waals surface area contributed by atoms with Crippen molar-refractivity contribution in [2.24, 2.45) is 4.47 Å². The Morgan fingerprint density at radius 3 is 2.53 bits per heavy atom. The lowest BCUT2D eigenvalue weighted by Gasteiger charge is -2.26. The molecule has 6 heteroatoms. The van der Waals surface area contributed by atoms with Crippen molar-refractivity contribution in [2.75, 3.05) is 19.6 Å². The first-order chi connectivity index (χ1) is 7.83. The van der Waals surface area contributed by atoms with Gasteiger partial charge < -0.3 is 9.64 Å². The van der Waals surface area contributed by atoms with E-state index >= 15 is 0 Å². The van der Waals surface area contributed by atoms with Gasteiger partial charge in [0.1, 0.15) is 5.60 Å². The van der Waals surface area contributed by atoms with Gasteiger partial charge in [-0.05, 0) is 34.1 Å². The predicted molar refractivity (Wildman–Crippen MR) is 68.4 cm³/mol. The van der Waals surface area contributed by atoms with E-state index in [1.54, 1.807) is 4.90 Å². The van der Waals surface area contributed by atoms with Crippen LogP contribution in [-0.4, -0.2) is 47.3 Å². The zero-order valence-electron chi connectivity index (χ0n) is 11.0. The number of nitrogens with zero attached hydrogens (tertiary/aromatic N) is 3. The summed E-state index contributed by atoms with van der Waals surface area (Å²) in [7, 11) is 0. The summed E-state index contributed by atoms with van der Waals surface area (Å²) >= 11 is 4.72. The molecule has 0 unspecified atom stereocenters. The van der Waals surface area contributed by atoms with Gasteiger partial charge in [-0.2, -0.15) is 0 Å². The first kappa shape index (κ1) is 14.2. The highest BCUT2D eigenvalue weighted by atomic mass is 32.1. The van der Waals surface area contributed by atoms with Crippen LogP contribution < -0.4 is 0 Å². The number of rotatable bonds is 1. The molecule has 1 saturated heterocycles. The molecule has 1 aliphatic heterocycles. The van der Waals surface area contributed by atoms with Crippen LogP contribution in [0.5, 0.6) is 0 Å². The van der Waals surface area contributed by atoms with Crippen molar-refractivity contribution in [2.45, 2.75) is 45.8 Å². The van der Waals surface area contributed by atoms with Crippen molar-refractivity contribution in [3.8, 4) is 0 Å². The molecule has 0 spiro atoms. The Kier molecular flexibility index (Phi) is 4.68. The summed E-state index contributed by atoms with van der Waals surface area (Å²) in [5.41, 5.74) is -0.447. The molecule has 0 aromatic rings. The van der Waals surface area contributed by atoms with Gasteiger partial charge in [0, 0.05) is 19.1 Å². The Morgan fingerprint density at radius 2 is 2.00 bits per heavy atom. The van der Waals surface area contributed by atoms with Crippen LogP contribution in [0.3, 0.4) is 0 Å². The van der Waals surface area contributed by atoms with E-state index in [-0.39, 0.29) is 12.1 Å². The molecule has 5 nitrogen and oxygen atoms in total. The van der Waals surface area contributed by atoms with Gasteiger partial charge in [0.2, 0.25) is 0 Å². The molecule has 98 valence electrons. The topological polar surface area (TPSA) is 45.1 Å². The predicted octanol–water partition coefficient (Wildman–Crippen LogP) is 1.96. The molecule has 1 rings (SSSR count). The molecule has 0 aromatic heterocycles. The molecule has 1 amide bonds. The van der Waals surface area contributed by atoms with Crippen molar-refractivity contribution >= 4 is 18.5 Å². The van der Waals surface area contributed by atoms with E-state index in [4.69, 9.17) is 17.2 Å². The zero-order chi connectivity index (χ0) is 13.1. The van der Waals surface area contributed by atoms with Crippen LogP contribution in [0.2, 0.25) is 0 Å². The lowest BCUT2D eigenvalue weighted by Crippen LogP contribution is -2.38. The Morgan fingerprint density at radius 1 is 1.35 bits per heavy atom. The minimum atomic E-state index is -0.447. The van der Waals surface area contributed by atoms with Crippen LogP contribution in [-0.2, 0) is 17.2 Å². The van der Waals surface area contributed by atoms with Crippen LogP contribution >= 0.6 is 0 Å². The normalized spacial score (nSPS) is 22.0. The maximum atomic E-state index is 11.9. The highest BCUT2D eigenvalue weighted by Crippen LogP contribution is 2.14. The Labute approximate surface area is 108 Å². The largest absolute Gasteiger partial charge is 0.444 e. The van der Waals surface area contributed by atoms with Crippen molar-refractivity contribution in [1.82, 2.24) is 9.91 Å². The number of carbonyl (C=O) groups excluding carboxylic acids is 1. The Balaban J connectivity index is 2.56. The van der Waals surface area contributed by atoms with Gasteiger partial charge in [-0.15, -0.1) is 4.47 Å². The third-order valence-corrected chi connectivity index (χ3v) is 2.89. The fourth-order valence-electron chi connectivity index (χ4n) is 1.68. The molecule has 0 N–H and O–H groups in total. The second-order valence-corrected chi connectivity index (χ2v) is 5.51. The number of hydrogen-bond donors (Lipinski definition) is 0. The van der Waals surface area contributed by atoms with Crippen LogP contribution in [0.25, 0.3) is 0 Å². The lowest BCUT2D eigenvalue weighted by molar-refractivity contribution is 0.0258. The van der Waals surface area contributed by atoms with E-state index in [9.17, 15) is 4.79 Å². The minimum absolute atomic E-state index is 0.254. The number of hydrogen-bond acceptors (Lipinski definition) is 4. The highest BCUT2D eigenvalue weighted by Gasteiger charge is 2.26. The van der Waals surface area contributed by atoms with Crippen molar-refractivity contribution in [3.05, 3.63) is 0 Å². The van der Waals surface area contributed by atoms with Crippen LogP contribution in [0, 0.1) is 0 Å². The summed E-state index contributed by atoms with van der Waals surface area (Å²) in [6.45, 7) is 9.65. The molecule has 0 saturated carbocycles. The van der Waals surface area contributed by atoms with Gasteiger partial charge in [0.05, 0.1) is 19.0 Å². The second-order valence-electron chi connectivity index (χ2n) is 5.35. The summed E-state index contributed by atoms with van der Waals surface area (Å²) in [5, 5.41) is 1.85. The first-order valence-electron chi connectivity index (χ1n) is 5.91. The molecule has 1 fully saturated rings. The Bertz CT molecular complexity index is 291. The summed E-state index contributed by atoms with van der Waals surface area (Å²) in [6, 6.07) is 0.278. The molecule has 0 bridgehead atoms. The van der Waals surface area contributed by atoms with Crippen LogP contribution in [0.15, 0.2) is 4.47 Å². The summed E-state index contributed by atoms with van der Waals surface area (Å²) in [6.07, 6.45) is 0.607. The fraction of sp³-hybridized carbons (Fsp3) is 0.909. The van der Waals surface area contributed by atoms with Crippen molar-refractivity contribution in [1.29, 1.82) is 0 Å². The number of carbonyl (C=O) groups is 1. The summed E-state index contributed by atoms with van der Waals surface area (Å²) < 4.78 is 9.14. The van der Waals surface area contributed by atoms with Crippen LogP contribution in [0.1, 0.15) is 34.1 Å². The third-order valence-electron chi connectivity index (χ3n) is 2.68. The van der Waals surface area contributed by atoms with E-state index in [1.165, 1.54) is 0 Å². The van der Waals surface area contributed by atoms with E-state index in [2.05, 4.69) is 11.4 Å². The molecule has 0 aromatic carbocycles. The molecule has 0 aliphatic carbocycles. The van der Waals surface area contributed by atoms with E-state index in [0.29, 0.717) is 19.6 Å². The number of ether oxygens (including phenoxy) is 1. The minimum Gasteiger partial charge on any atom is -0.444 e. The maximum Gasteiger partial charge on any atom is 0.410 e. The SMILES string of the molecule is C[C@@H]1CCN(C(=O)OC(C)(C)C)CCN1N=S. The third kappa shape index (κ3) is 4.46. The van der Waals surface area contributed by atoms with Gasteiger partial charge in [0.25, 0.3) is 0 Å². The quantitative estimate of drug-likeness (QED) is 0.722. The zero-order valence-corrected chi connectivity index (χ0v) is 11.8. The van der Waals surface area contributed by atoms with Crippen molar-refractivity contribution in [3.63, 3.8) is 0 Å². The lowest BCUT2D eigenvalue weighted by atomic mass is 10.2. The molecular formula is C11H21N3O2S. The van der Waals surface area contributed by atoms with Gasteiger partial charge in [0.15, 0.2) is 0 Å². The fourth-order valence-corrected chi connectivity index (χ4v) is 1.92. The molecule has 1 atom stereocenters. The molecule has 1 aliphatic rings. The van der Waals surface area contributed by atoms with Gasteiger partial charge in [-0.1, -0.05) is 0 Å². The van der Waals surface area contributed by atoms with Gasteiger partial charge >= 0.3 is 6.09 Å². The monoisotopic (exact) mass is 259 g/mol. The highest BCUT2D eigenvalue weighted by molar-refractivity contribution is 7.47. The molecule has 17 heavy (non-hydrogen) atoms. The summed E-state index contributed by atoms with van der Waals surface area (Å²) in [4.78, 5) is 13.6. The Hall–Kier alpha value is -0.910. The van der Waals surface area contributed by atoms with Gasteiger partial charge in [-0.25, -0.2) is 4.79 Å². The molecular weight excluding hydrogens is 238 g/mol. The average Bonchev–Trinajstić information content (AvgIpc) is 2.37. The van der Waals surface area contributed by atoms with E-state index in [0.717, 1.165) is 6.42 Å². The first-order valence-corrected chi connectivity index (χ1v) is 6.28. The van der Waals surface area contributed by atoms with E-state index in [1.807, 2.05) is 25.8 Å². The van der Waals surface area contributed by atoms with Crippen LogP contribution in [0.4, 0.5) is 4.79 Å². The average molecular weight is 259 g/mol. The molecule has 1 heterocycles.